The Hall–Kier alpha value is -4.21. The van der Waals surface area contributed by atoms with Gasteiger partial charge in [0.05, 0.1) is 12.6 Å². The maximum Gasteiger partial charge on any atom is 0.222 e. The van der Waals surface area contributed by atoms with Gasteiger partial charge in [-0.25, -0.2) is 0 Å². The SMILES string of the molecule is O=C1CC[C@@H](COC(c2ccccc2)(c2ccccc2)c2ccccc2)N1CCc1ccc2ccccc2c1. The first-order chi connectivity index (χ1) is 19.2. The molecule has 5 aromatic carbocycles. The van der Waals surface area contributed by atoms with Gasteiger partial charge >= 0.3 is 0 Å². The summed E-state index contributed by atoms with van der Waals surface area (Å²) in [5, 5.41) is 2.48. The summed E-state index contributed by atoms with van der Waals surface area (Å²) in [6.45, 7) is 1.16. The Morgan fingerprint density at radius 2 is 1.21 bits per heavy atom. The summed E-state index contributed by atoms with van der Waals surface area (Å²) in [6, 6.07) is 46.4. The van der Waals surface area contributed by atoms with Gasteiger partial charge < -0.3 is 9.64 Å². The molecule has 0 radical (unpaired) electrons. The molecule has 0 unspecified atom stereocenters. The molecule has 0 aromatic heterocycles. The van der Waals surface area contributed by atoms with E-state index in [0.29, 0.717) is 19.6 Å². The van der Waals surface area contributed by atoms with Crippen molar-refractivity contribution in [2.75, 3.05) is 13.2 Å². The highest BCUT2D eigenvalue weighted by molar-refractivity contribution is 5.83. The Bertz CT molecular complexity index is 1440. The van der Waals surface area contributed by atoms with Crippen LogP contribution in [-0.4, -0.2) is 30.0 Å². The molecule has 1 aliphatic rings. The van der Waals surface area contributed by atoms with Gasteiger partial charge in [-0.05, 0) is 45.9 Å². The Balaban J connectivity index is 1.28. The first-order valence-electron chi connectivity index (χ1n) is 13.8. The monoisotopic (exact) mass is 511 g/mol. The largest absolute Gasteiger partial charge is 0.359 e. The van der Waals surface area contributed by atoms with Crippen molar-refractivity contribution < 1.29 is 9.53 Å². The highest BCUT2D eigenvalue weighted by atomic mass is 16.5. The van der Waals surface area contributed by atoms with Crippen LogP contribution in [0.2, 0.25) is 0 Å². The van der Waals surface area contributed by atoms with E-state index in [9.17, 15) is 4.79 Å². The summed E-state index contributed by atoms with van der Waals surface area (Å²) < 4.78 is 7.07. The molecule has 194 valence electrons. The third-order valence-corrected chi connectivity index (χ3v) is 7.94. The minimum absolute atomic E-state index is 0.0356. The van der Waals surface area contributed by atoms with Crippen molar-refractivity contribution in [3.63, 3.8) is 0 Å². The van der Waals surface area contributed by atoms with E-state index in [1.165, 1.54) is 16.3 Å². The van der Waals surface area contributed by atoms with Crippen molar-refractivity contribution >= 4 is 16.7 Å². The number of carbonyl (C=O) groups excluding carboxylic acids is 1. The number of ether oxygens (including phenoxy) is 1. The van der Waals surface area contributed by atoms with E-state index in [1.807, 2.05) is 23.1 Å². The van der Waals surface area contributed by atoms with Crippen molar-refractivity contribution in [1.82, 2.24) is 4.90 Å². The first-order valence-corrected chi connectivity index (χ1v) is 13.8. The number of fused-ring (bicyclic) bond motifs is 1. The van der Waals surface area contributed by atoms with E-state index in [0.717, 1.165) is 29.5 Å². The Kier molecular flexibility index (Phi) is 7.25. The maximum absolute atomic E-state index is 13.0. The molecular weight excluding hydrogens is 478 g/mol. The number of amides is 1. The third-order valence-electron chi connectivity index (χ3n) is 7.94. The van der Waals surface area contributed by atoms with E-state index < -0.39 is 5.60 Å². The van der Waals surface area contributed by atoms with Crippen LogP contribution in [0.15, 0.2) is 133 Å². The van der Waals surface area contributed by atoms with Gasteiger partial charge in [0.1, 0.15) is 5.60 Å². The number of hydrogen-bond acceptors (Lipinski definition) is 2. The fourth-order valence-corrected chi connectivity index (χ4v) is 5.91. The lowest BCUT2D eigenvalue weighted by atomic mass is 9.80. The highest BCUT2D eigenvalue weighted by Gasteiger charge is 2.40. The zero-order chi connectivity index (χ0) is 26.5. The lowest BCUT2D eigenvalue weighted by Gasteiger charge is -2.38. The van der Waals surface area contributed by atoms with Crippen LogP contribution >= 0.6 is 0 Å². The highest BCUT2D eigenvalue weighted by Crippen LogP contribution is 2.41. The van der Waals surface area contributed by atoms with Crippen molar-refractivity contribution in [2.24, 2.45) is 0 Å². The number of nitrogens with zero attached hydrogens (tertiary/aromatic N) is 1. The number of carbonyl (C=O) groups is 1. The zero-order valence-corrected chi connectivity index (χ0v) is 22.1. The second-order valence-electron chi connectivity index (χ2n) is 10.3. The molecule has 1 aliphatic heterocycles. The van der Waals surface area contributed by atoms with Crippen molar-refractivity contribution in [3.05, 3.63) is 156 Å². The van der Waals surface area contributed by atoms with E-state index in [4.69, 9.17) is 4.74 Å². The van der Waals surface area contributed by atoms with Gasteiger partial charge in [0.25, 0.3) is 0 Å². The molecule has 1 saturated heterocycles. The van der Waals surface area contributed by atoms with Crippen molar-refractivity contribution in [1.29, 1.82) is 0 Å². The summed E-state index contributed by atoms with van der Waals surface area (Å²) in [5.74, 6) is 0.217. The van der Waals surface area contributed by atoms with Crippen LogP contribution in [0, 0.1) is 0 Å². The molecule has 0 aliphatic carbocycles. The minimum atomic E-state index is -0.778. The summed E-state index contributed by atoms with van der Waals surface area (Å²) >= 11 is 0. The predicted molar refractivity (Wildman–Crippen MR) is 158 cm³/mol. The molecule has 3 heteroatoms. The van der Waals surface area contributed by atoms with Crippen molar-refractivity contribution in [3.8, 4) is 0 Å². The molecule has 1 atom stereocenters. The normalized spacial score (nSPS) is 15.6. The van der Waals surface area contributed by atoms with E-state index >= 15 is 0 Å². The summed E-state index contributed by atoms with van der Waals surface area (Å²) in [5.41, 5.74) is 3.71. The average molecular weight is 512 g/mol. The van der Waals surface area contributed by atoms with Crippen molar-refractivity contribution in [2.45, 2.75) is 30.9 Å². The Labute approximate surface area is 230 Å². The molecule has 39 heavy (non-hydrogen) atoms. The standard InChI is InChI=1S/C36H33NO2/c38-35-23-22-34(37(35)25-24-28-20-21-29-12-10-11-13-30(29)26-28)27-39-36(31-14-4-1-5-15-31,32-16-6-2-7-17-32)33-18-8-3-9-19-33/h1-21,26,34H,22-25,27H2/t34-/m0/s1. The minimum Gasteiger partial charge on any atom is -0.359 e. The molecule has 0 N–H and O–H groups in total. The number of rotatable bonds is 9. The van der Waals surface area contributed by atoms with Gasteiger partial charge in [-0.3, -0.25) is 4.79 Å². The van der Waals surface area contributed by atoms with Gasteiger partial charge in [-0.2, -0.15) is 0 Å². The van der Waals surface area contributed by atoms with Crippen LogP contribution in [-0.2, 0) is 21.6 Å². The number of likely N-dealkylation sites (tertiary alicyclic amines) is 1. The lowest BCUT2D eigenvalue weighted by molar-refractivity contribution is -0.130. The third kappa shape index (κ3) is 5.10. The van der Waals surface area contributed by atoms with Crippen LogP contribution in [0.1, 0.15) is 35.1 Å². The second kappa shape index (κ2) is 11.3. The van der Waals surface area contributed by atoms with Crippen LogP contribution in [0.5, 0.6) is 0 Å². The molecule has 0 spiro atoms. The topological polar surface area (TPSA) is 29.5 Å². The van der Waals surface area contributed by atoms with Gasteiger partial charge in [0, 0.05) is 13.0 Å². The van der Waals surface area contributed by atoms with Gasteiger partial charge in [0.15, 0.2) is 0 Å². The Morgan fingerprint density at radius 1 is 0.667 bits per heavy atom. The van der Waals surface area contributed by atoms with Crippen LogP contribution in [0.25, 0.3) is 10.8 Å². The summed E-state index contributed by atoms with van der Waals surface area (Å²) in [7, 11) is 0. The molecule has 0 bridgehead atoms. The number of hydrogen-bond donors (Lipinski definition) is 0. The zero-order valence-electron chi connectivity index (χ0n) is 22.1. The van der Waals surface area contributed by atoms with E-state index in [-0.39, 0.29) is 11.9 Å². The van der Waals surface area contributed by atoms with Gasteiger partial charge in [-0.15, -0.1) is 0 Å². The number of benzene rings is 5. The molecule has 3 nitrogen and oxygen atoms in total. The smallest absolute Gasteiger partial charge is 0.222 e. The molecule has 1 fully saturated rings. The van der Waals surface area contributed by atoms with Crippen LogP contribution in [0.4, 0.5) is 0 Å². The lowest BCUT2D eigenvalue weighted by Crippen LogP contribution is -2.41. The van der Waals surface area contributed by atoms with Crippen LogP contribution in [0.3, 0.4) is 0 Å². The fourth-order valence-electron chi connectivity index (χ4n) is 5.91. The van der Waals surface area contributed by atoms with E-state index in [1.54, 1.807) is 0 Å². The van der Waals surface area contributed by atoms with E-state index in [2.05, 4.69) is 115 Å². The van der Waals surface area contributed by atoms with Gasteiger partial charge in [-0.1, -0.05) is 133 Å². The Morgan fingerprint density at radius 3 is 1.79 bits per heavy atom. The fraction of sp³-hybridized carbons (Fsp3) is 0.194. The first kappa shape index (κ1) is 25.1. The summed E-state index contributed by atoms with van der Waals surface area (Å²) in [6.07, 6.45) is 2.21. The molecule has 6 rings (SSSR count). The van der Waals surface area contributed by atoms with Crippen LogP contribution < -0.4 is 0 Å². The second-order valence-corrected chi connectivity index (χ2v) is 10.3. The van der Waals surface area contributed by atoms with Gasteiger partial charge in [0.2, 0.25) is 5.91 Å². The predicted octanol–water partition coefficient (Wildman–Crippen LogP) is 7.38. The average Bonchev–Trinajstić information content (AvgIpc) is 3.36. The molecule has 1 amide bonds. The summed E-state index contributed by atoms with van der Waals surface area (Å²) in [4.78, 5) is 15.1. The maximum atomic E-state index is 13.0. The molecule has 0 saturated carbocycles. The quantitative estimate of drug-likeness (QED) is 0.193. The molecular formula is C36H33NO2. The molecule has 5 aromatic rings. The molecule has 1 heterocycles.